The zero-order valence-electron chi connectivity index (χ0n) is 17.3. The van der Waals surface area contributed by atoms with Crippen LogP contribution in [-0.4, -0.2) is 25.8 Å². The molecule has 0 spiro atoms. The molecule has 0 radical (unpaired) electrons. The van der Waals surface area contributed by atoms with Gasteiger partial charge in [-0.05, 0) is 18.2 Å². The molecule has 6 nitrogen and oxygen atoms in total. The number of benzene rings is 2. The Morgan fingerprint density at radius 2 is 1.46 bits per heavy atom. The summed E-state index contributed by atoms with van der Waals surface area (Å²) in [7, 11) is 0. The molecular formula is C23H13F6N3O3. The number of alkyl halides is 6. The van der Waals surface area contributed by atoms with Crippen LogP contribution in [0, 0.1) is 0 Å². The van der Waals surface area contributed by atoms with Gasteiger partial charge in [0.15, 0.2) is 11.6 Å². The number of furan rings is 1. The minimum Gasteiger partial charge on any atom is -0.478 e. The number of aliphatic carboxylic acids is 1. The molecule has 4 aromatic rings. The van der Waals surface area contributed by atoms with Gasteiger partial charge >= 0.3 is 18.3 Å². The molecule has 2 aromatic carbocycles. The highest BCUT2D eigenvalue weighted by Gasteiger charge is 2.37. The van der Waals surface area contributed by atoms with Gasteiger partial charge in [-0.2, -0.15) is 26.3 Å². The fourth-order valence-electron chi connectivity index (χ4n) is 3.35. The summed E-state index contributed by atoms with van der Waals surface area (Å²) >= 11 is 0. The van der Waals surface area contributed by atoms with Crippen molar-refractivity contribution in [2.45, 2.75) is 12.4 Å². The minimum atomic E-state index is -4.83. The number of carbonyl (C=O) groups is 1. The van der Waals surface area contributed by atoms with Crippen molar-refractivity contribution in [2.24, 2.45) is 0 Å². The van der Waals surface area contributed by atoms with Gasteiger partial charge in [0.2, 0.25) is 0 Å². The van der Waals surface area contributed by atoms with Crippen molar-refractivity contribution in [3.63, 3.8) is 0 Å². The van der Waals surface area contributed by atoms with E-state index >= 15 is 0 Å². The molecule has 0 saturated heterocycles. The molecule has 35 heavy (non-hydrogen) atoms. The molecule has 0 aliphatic heterocycles. The van der Waals surface area contributed by atoms with E-state index in [1.54, 1.807) is 0 Å². The Bertz CT molecular complexity index is 1400. The van der Waals surface area contributed by atoms with E-state index < -0.39 is 57.8 Å². The standard InChI is InChI=1S/C23H13F6N3O3/c24-22(25,26)17-7-3-1-5-14(17)19-30-20(15-6-2-4-8-18(15)23(27,28)29)32(31-19)11-16(21(33)34)13-9-10-35-12-13/h1-12H,(H,33,34). The second-order valence-electron chi connectivity index (χ2n) is 7.15. The first-order valence-electron chi connectivity index (χ1n) is 9.74. The lowest BCUT2D eigenvalue weighted by molar-refractivity contribution is -0.137. The summed E-state index contributed by atoms with van der Waals surface area (Å²) < 4.78 is 87.4. The number of aromatic nitrogens is 3. The SMILES string of the molecule is O=C(O)C(=Cn1nc(-c2ccccc2C(F)(F)F)nc1-c1ccccc1C(F)(F)F)c1ccoc1. The van der Waals surface area contributed by atoms with Gasteiger partial charge < -0.3 is 9.52 Å². The Morgan fingerprint density at radius 3 is 2.00 bits per heavy atom. The molecule has 0 bridgehead atoms. The summed E-state index contributed by atoms with van der Waals surface area (Å²) in [5, 5.41) is 13.6. The Labute approximate surface area is 192 Å². The van der Waals surface area contributed by atoms with Gasteiger partial charge in [0.25, 0.3) is 0 Å². The predicted molar refractivity (Wildman–Crippen MR) is 111 cm³/mol. The van der Waals surface area contributed by atoms with Crippen LogP contribution in [0.5, 0.6) is 0 Å². The lowest BCUT2D eigenvalue weighted by Gasteiger charge is -2.12. The average molecular weight is 493 g/mol. The highest BCUT2D eigenvalue weighted by Crippen LogP contribution is 2.39. The number of hydrogen-bond acceptors (Lipinski definition) is 4. The summed E-state index contributed by atoms with van der Waals surface area (Å²) in [5.74, 6) is -2.53. The number of rotatable bonds is 5. The van der Waals surface area contributed by atoms with Crippen molar-refractivity contribution >= 4 is 17.7 Å². The first kappa shape index (κ1) is 23.8. The van der Waals surface area contributed by atoms with Gasteiger partial charge in [0, 0.05) is 22.9 Å². The first-order valence-corrected chi connectivity index (χ1v) is 9.74. The molecule has 2 aromatic heterocycles. The summed E-state index contributed by atoms with van der Waals surface area (Å²) in [5.41, 5.74) is -3.61. The Morgan fingerprint density at radius 1 is 0.886 bits per heavy atom. The van der Waals surface area contributed by atoms with Crippen LogP contribution in [0.4, 0.5) is 26.3 Å². The van der Waals surface area contributed by atoms with Crippen molar-refractivity contribution < 1.29 is 40.7 Å². The van der Waals surface area contributed by atoms with E-state index in [-0.39, 0.29) is 5.56 Å². The normalized spacial score (nSPS) is 12.7. The van der Waals surface area contributed by atoms with E-state index in [1.165, 1.54) is 24.5 Å². The number of carboxylic acid groups (broad SMARTS) is 1. The molecule has 2 heterocycles. The number of nitrogens with zero attached hydrogens (tertiary/aromatic N) is 3. The minimum absolute atomic E-state index is 0.0558. The second kappa shape index (κ2) is 8.78. The van der Waals surface area contributed by atoms with Crippen molar-refractivity contribution in [3.05, 3.63) is 83.8 Å². The van der Waals surface area contributed by atoms with E-state index in [0.29, 0.717) is 4.68 Å². The third kappa shape index (κ3) is 4.81. The summed E-state index contributed by atoms with van der Waals surface area (Å²) in [6, 6.07) is 9.83. The number of carboxylic acids is 1. The quantitative estimate of drug-likeness (QED) is 0.260. The first-order chi connectivity index (χ1) is 16.5. The Balaban J connectivity index is 2.02. The fraction of sp³-hybridized carbons (Fsp3) is 0.0870. The van der Waals surface area contributed by atoms with Gasteiger partial charge in [0.05, 0.1) is 29.2 Å². The van der Waals surface area contributed by atoms with E-state index in [2.05, 4.69) is 10.1 Å². The van der Waals surface area contributed by atoms with E-state index in [0.717, 1.165) is 48.9 Å². The fourth-order valence-corrected chi connectivity index (χ4v) is 3.35. The molecule has 0 amide bonds. The van der Waals surface area contributed by atoms with Crippen LogP contribution in [0.25, 0.3) is 34.5 Å². The predicted octanol–water partition coefficient (Wildman–Crippen LogP) is 6.33. The van der Waals surface area contributed by atoms with E-state index in [1.807, 2.05) is 0 Å². The van der Waals surface area contributed by atoms with Crippen LogP contribution in [-0.2, 0) is 17.1 Å². The number of hydrogen-bond donors (Lipinski definition) is 1. The molecule has 0 aliphatic carbocycles. The molecule has 0 atom stereocenters. The van der Waals surface area contributed by atoms with Gasteiger partial charge in [-0.25, -0.2) is 14.5 Å². The maximum absolute atomic E-state index is 13.7. The van der Waals surface area contributed by atoms with E-state index in [4.69, 9.17) is 4.42 Å². The van der Waals surface area contributed by atoms with Crippen LogP contribution < -0.4 is 0 Å². The van der Waals surface area contributed by atoms with Crippen LogP contribution in [0.1, 0.15) is 16.7 Å². The van der Waals surface area contributed by atoms with Crippen LogP contribution in [0.3, 0.4) is 0 Å². The molecule has 1 N–H and O–H groups in total. The highest BCUT2D eigenvalue weighted by molar-refractivity contribution is 6.19. The van der Waals surface area contributed by atoms with Crippen molar-refractivity contribution in [1.29, 1.82) is 0 Å². The zero-order chi connectivity index (χ0) is 25.4. The molecule has 0 fully saturated rings. The van der Waals surface area contributed by atoms with Gasteiger partial charge in [0.1, 0.15) is 0 Å². The maximum Gasteiger partial charge on any atom is 0.417 e. The zero-order valence-corrected chi connectivity index (χ0v) is 17.3. The summed E-state index contributed by atoms with van der Waals surface area (Å²) in [6.07, 6.45) is -6.51. The monoisotopic (exact) mass is 493 g/mol. The largest absolute Gasteiger partial charge is 0.478 e. The Hall–Kier alpha value is -4.35. The van der Waals surface area contributed by atoms with Crippen molar-refractivity contribution in [3.8, 4) is 22.8 Å². The molecule has 0 saturated carbocycles. The van der Waals surface area contributed by atoms with Crippen molar-refractivity contribution in [1.82, 2.24) is 14.8 Å². The lowest BCUT2D eigenvalue weighted by atomic mass is 10.1. The molecule has 180 valence electrons. The van der Waals surface area contributed by atoms with Crippen LogP contribution in [0.2, 0.25) is 0 Å². The van der Waals surface area contributed by atoms with Gasteiger partial charge in [-0.15, -0.1) is 5.10 Å². The average Bonchev–Trinajstić information content (AvgIpc) is 3.46. The third-order valence-electron chi connectivity index (χ3n) is 4.89. The Kier molecular flexibility index (Phi) is 5.97. The number of halogens is 6. The molecular weight excluding hydrogens is 480 g/mol. The van der Waals surface area contributed by atoms with Crippen LogP contribution >= 0.6 is 0 Å². The lowest BCUT2D eigenvalue weighted by Crippen LogP contribution is -2.09. The highest BCUT2D eigenvalue weighted by atomic mass is 19.4. The smallest absolute Gasteiger partial charge is 0.417 e. The topological polar surface area (TPSA) is 81.1 Å². The van der Waals surface area contributed by atoms with Crippen molar-refractivity contribution in [2.75, 3.05) is 0 Å². The van der Waals surface area contributed by atoms with Gasteiger partial charge in [-0.3, -0.25) is 0 Å². The molecule has 0 aliphatic rings. The third-order valence-corrected chi connectivity index (χ3v) is 4.89. The summed E-state index contributed by atoms with van der Waals surface area (Å²) in [4.78, 5) is 15.8. The van der Waals surface area contributed by atoms with E-state index in [9.17, 15) is 36.2 Å². The molecule has 0 unspecified atom stereocenters. The van der Waals surface area contributed by atoms with Gasteiger partial charge in [-0.1, -0.05) is 36.4 Å². The molecule has 12 heteroatoms. The maximum atomic E-state index is 13.7. The second-order valence-corrected chi connectivity index (χ2v) is 7.15. The molecule has 4 rings (SSSR count). The van der Waals surface area contributed by atoms with Crippen LogP contribution in [0.15, 0.2) is 71.5 Å². The summed E-state index contributed by atoms with van der Waals surface area (Å²) in [6.45, 7) is 0.